The highest BCUT2D eigenvalue weighted by atomic mass is 16.5. The van der Waals surface area contributed by atoms with Crippen LogP contribution in [0.4, 0.5) is 0 Å². The molecule has 0 saturated carbocycles. The van der Waals surface area contributed by atoms with E-state index < -0.39 is 0 Å². The van der Waals surface area contributed by atoms with Gasteiger partial charge in [0.2, 0.25) is 0 Å². The van der Waals surface area contributed by atoms with Crippen LogP contribution in [0.3, 0.4) is 0 Å². The Morgan fingerprint density at radius 1 is 1.54 bits per heavy atom. The Labute approximate surface area is 77.5 Å². The second-order valence-electron chi connectivity index (χ2n) is 3.28. The van der Waals surface area contributed by atoms with Gasteiger partial charge in [0.05, 0.1) is 13.2 Å². The van der Waals surface area contributed by atoms with E-state index in [1.54, 1.807) is 7.11 Å². The van der Waals surface area contributed by atoms with Crippen LogP contribution in [-0.2, 0) is 0 Å². The number of benzene rings is 1. The van der Waals surface area contributed by atoms with Crippen LogP contribution in [-0.4, -0.2) is 13.7 Å². The highest BCUT2D eigenvalue weighted by molar-refractivity contribution is 5.50. The minimum Gasteiger partial charge on any atom is -0.497 e. The van der Waals surface area contributed by atoms with Crippen molar-refractivity contribution < 1.29 is 9.47 Å². The quantitative estimate of drug-likeness (QED) is 0.708. The Bertz CT molecular complexity index is 336. The van der Waals surface area contributed by atoms with Gasteiger partial charge in [-0.05, 0) is 24.6 Å². The van der Waals surface area contributed by atoms with Gasteiger partial charge in [0.15, 0.2) is 0 Å². The van der Waals surface area contributed by atoms with Gasteiger partial charge in [0.1, 0.15) is 18.1 Å². The van der Waals surface area contributed by atoms with Crippen LogP contribution in [0.5, 0.6) is 11.5 Å². The van der Waals surface area contributed by atoms with E-state index in [0.717, 1.165) is 22.6 Å². The Hall–Kier alpha value is -1.22. The molecule has 1 heterocycles. The summed E-state index contributed by atoms with van der Waals surface area (Å²) in [7, 11) is 1.66. The molecule has 0 amide bonds. The van der Waals surface area contributed by atoms with Crippen LogP contribution < -0.4 is 15.2 Å². The highest BCUT2D eigenvalue weighted by Gasteiger charge is 2.23. The standard InChI is InChI=1S/C10H13NO2/c1-6-3-7(12-2)4-8-9(11)5-13-10(6)8/h3-4,9H,5,11H2,1-2H3/t9-/m0/s1. The van der Waals surface area contributed by atoms with Crippen LogP contribution in [0.25, 0.3) is 0 Å². The Morgan fingerprint density at radius 3 is 3.00 bits per heavy atom. The van der Waals surface area contributed by atoms with E-state index in [1.807, 2.05) is 19.1 Å². The predicted molar refractivity (Wildman–Crippen MR) is 50.2 cm³/mol. The number of rotatable bonds is 1. The summed E-state index contributed by atoms with van der Waals surface area (Å²) >= 11 is 0. The van der Waals surface area contributed by atoms with Gasteiger partial charge in [-0.2, -0.15) is 0 Å². The summed E-state index contributed by atoms with van der Waals surface area (Å²) in [6.07, 6.45) is 0. The number of hydrogen-bond donors (Lipinski definition) is 1. The number of nitrogens with two attached hydrogens (primary N) is 1. The lowest BCUT2D eigenvalue weighted by Gasteiger charge is -2.07. The molecule has 2 N–H and O–H groups in total. The second kappa shape index (κ2) is 2.92. The number of aryl methyl sites for hydroxylation is 1. The maximum Gasteiger partial charge on any atom is 0.127 e. The lowest BCUT2D eigenvalue weighted by molar-refractivity contribution is 0.331. The monoisotopic (exact) mass is 179 g/mol. The van der Waals surface area contributed by atoms with E-state index in [0.29, 0.717) is 6.61 Å². The summed E-state index contributed by atoms with van der Waals surface area (Å²) in [4.78, 5) is 0. The van der Waals surface area contributed by atoms with Crippen molar-refractivity contribution in [2.24, 2.45) is 5.73 Å². The first-order valence-corrected chi connectivity index (χ1v) is 4.29. The van der Waals surface area contributed by atoms with Gasteiger partial charge in [-0.25, -0.2) is 0 Å². The average Bonchev–Trinajstić information content (AvgIpc) is 2.48. The second-order valence-corrected chi connectivity index (χ2v) is 3.28. The third kappa shape index (κ3) is 1.25. The maximum absolute atomic E-state index is 5.86. The molecule has 0 radical (unpaired) electrons. The zero-order valence-electron chi connectivity index (χ0n) is 7.83. The number of hydrogen-bond acceptors (Lipinski definition) is 3. The summed E-state index contributed by atoms with van der Waals surface area (Å²) < 4.78 is 10.6. The van der Waals surface area contributed by atoms with E-state index in [1.165, 1.54) is 0 Å². The third-order valence-corrected chi connectivity index (χ3v) is 2.32. The molecular weight excluding hydrogens is 166 g/mol. The molecule has 1 atom stereocenters. The molecule has 0 saturated heterocycles. The number of ether oxygens (including phenoxy) is 2. The van der Waals surface area contributed by atoms with Gasteiger partial charge < -0.3 is 15.2 Å². The van der Waals surface area contributed by atoms with Gasteiger partial charge in [-0.3, -0.25) is 0 Å². The molecule has 1 aromatic rings. The van der Waals surface area contributed by atoms with E-state index in [4.69, 9.17) is 15.2 Å². The van der Waals surface area contributed by atoms with Gasteiger partial charge in [-0.15, -0.1) is 0 Å². The molecule has 0 unspecified atom stereocenters. The average molecular weight is 179 g/mol. The molecule has 1 aliphatic heterocycles. The Kier molecular flexibility index (Phi) is 1.88. The molecule has 3 heteroatoms. The molecule has 70 valence electrons. The van der Waals surface area contributed by atoms with Crippen LogP contribution in [0.1, 0.15) is 17.2 Å². The topological polar surface area (TPSA) is 44.5 Å². The van der Waals surface area contributed by atoms with Crippen LogP contribution in [0, 0.1) is 6.92 Å². The molecular formula is C10H13NO2. The van der Waals surface area contributed by atoms with E-state index in [2.05, 4.69) is 0 Å². The van der Waals surface area contributed by atoms with Crippen molar-refractivity contribution in [2.75, 3.05) is 13.7 Å². The molecule has 0 aliphatic carbocycles. The predicted octanol–water partition coefficient (Wildman–Crippen LogP) is 1.40. The molecule has 0 aromatic heterocycles. The zero-order chi connectivity index (χ0) is 9.42. The molecule has 13 heavy (non-hydrogen) atoms. The molecule has 3 nitrogen and oxygen atoms in total. The van der Waals surface area contributed by atoms with Gasteiger partial charge >= 0.3 is 0 Å². The summed E-state index contributed by atoms with van der Waals surface area (Å²) in [5, 5.41) is 0. The first kappa shape index (κ1) is 8.38. The van der Waals surface area contributed by atoms with E-state index in [-0.39, 0.29) is 6.04 Å². The normalized spacial score (nSPS) is 19.5. The fourth-order valence-electron chi connectivity index (χ4n) is 1.62. The van der Waals surface area contributed by atoms with Gasteiger partial charge in [0, 0.05) is 5.56 Å². The molecule has 1 aliphatic rings. The van der Waals surface area contributed by atoms with Crippen molar-refractivity contribution in [1.29, 1.82) is 0 Å². The van der Waals surface area contributed by atoms with Crippen LogP contribution >= 0.6 is 0 Å². The Morgan fingerprint density at radius 2 is 2.31 bits per heavy atom. The van der Waals surface area contributed by atoms with E-state index in [9.17, 15) is 0 Å². The van der Waals surface area contributed by atoms with Crippen molar-refractivity contribution in [3.05, 3.63) is 23.3 Å². The summed E-state index contributed by atoms with van der Waals surface area (Å²) in [6.45, 7) is 2.57. The van der Waals surface area contributed by atoms with Crippen LogP contribution in [0.2, 0.25) is 0 Å². The largest absolute Gasteiger partial charge is 0.497 e. The molecule has 0 bridgehead atoms. The smallest absolute Gasteiger partial charge is 0.127 e. The molecule has 0 fully saturated rings. The third-order valence-electron chi connectivity index (χ3n) is 2.32. The van der Waals surface area contributed by atoms with Crippen molar-refractivity contribution in [1.82, 2.24) is 0 Å². The SMILES string of the molecule is COc1cc(C)c2c(c1)[C@@H](N)CO2. The van der Waals surface area contributed by atoms with Crippen LogP contribution in [0.15, 0.2) is 12.1 Å². The lowest BCUT2D eigenvalue weighted by atomic mass is 10.1. The number of methoxy groups -OCH3 is 1. The Balaban J connectivity index is 2.53. The summed E-state index contributed by atoms with van der Waals surface area (Å²) in [6, 6.07) is 3.89. The minimum absolute atomic E-state index is 0.0104. The first-order chi connectivity index (χ1) is 6.22. The fourth-order valence-corrected chi connectivity index (χ4v) is 1.62. The van der Waals surface area contributed by atoms with Crippen molar-refractivity contribution in [3.63, 3.8) is 0 Å². The summed E-state index contributed by atoms with van der Waals surface area (Å²) in [5.41, 5.74) is 8.00. The number of fused-ring (bicyclic) bond motifs is 1. The molecule has 0 spiro atoms. The van der Waals surface area contributed by atoms with Crippen molar-refractivity contribution in [3.8, 4) is 11.5 Å². The molecule has 1 aromatic carbocycles. The van der Waals surface area contributed by atoms with Crippen molar-refractivity contribution >= 4 is 0 Å². The molecule has 2 rings (SSSR count). The zero-order valence-corrected chi connectivity index (χ0v) is 7.83. The summed E-state index contributed by atoms with van der Waals surface area (Å²) in [5.74, 6) is 1.77. The highest BCUT2D eigenvalue weighted by Crippen LogP contribution is 2.36. The first-order valence-electron chi connectivity index (χ1n) is 4.29. The minimum atomic E-state index is -0.0104. The fraction of sp³-hybridized carbons (Fsp3) is 0.400. The van der Waals surface area contributed by atoms with E-state index >= 15 is 0 Å². The van der Waals surface area contributed by atoms with Crippen molar-refractivity contribution in [2.45, 2.75) is 13.0 Å². The lowest BCUT2D eigenvalue weighted by Crippen LogP contribution is -2.10. The maximum atomic E-state index is 5.86. The van der Waals surface area contributed by atoms with Gasteiger partial charge in [-0.1, -0.05) is 0 Å². The van der Waals surface area contributed by atoms with Gasteiger partial charge in [0.25, 0.3) is 0 Å².